The van der Waals surface area contributed by atoms with E-state index >= 15 is 0 Å². The standard InChI is InChI=1S/C14H16N2O2/c1-14(2,3)15-12-8-9-13(16(17)18)11-7-5-4-6-10(11)12/h4-9,15H,1-3H3. The Kier molecular flexibility index (Phi) is 2.95. The molecule has 0 aliphatic rings. The third-order valence-electron chi connectivity index (χ3n) is 2.61. The van der Waals surface area contributed by atoms with Gasteiger partial charge >= 0.3 is 0 Å². The van der Waals surface area contributed by atoms with Crippen molar-refractivity contribution in [3.63, 3.8) is 0 Å². The van der Waals surface area contributed by atoms with Crippen molar-refractivity contribution in [3.05, 3.63) is 46.5 Å². The second-order valence-electron chi connectivity index (χ2n) is 5.31. The molecule has 0 spiro atoms. The van der Waals surface area contributed by atoms with Crippen LogP contribution in [0.15, 0.2) is 36.4 Å². The predicted octanol–water partition coefficient (Wildman–Crippen LogP) is 3.96. The van der Waals surface area contributed by atoms with Gasteiger partial charge in [0.05, 0.1) is 10.3 Å². The van der Waals surface area contributed by atoms with Crippen LogP contribution in [0.25, 0.3) is 10.8 Å². The van der Waals surface area contributed by atoms with Crippen molar-refractivity contribution in [1.82, 2.24) is 0 Å². The van der Waals surface area contributed by atoms with E-state index in [0.717, 1.165) is 11.1 Å². The van der Waals surface area contributed by atoms with E-state index in [4.69, 9.17) is 0 Å². The molecule has 0 aliphatic carbocycles. The molecule has 4 nitrogen and oxygen atoms in total. The first-order chi connectivity index (χ1) is 8.38. The molecule has 2 aromatic carbocycles. The van der Waals surface area contributed by atoms with Crippen molar-refractivity contribution in [2.24, 2.45) is 0 Å². The Labute approximate surface area is 106 Å². The van der Waals surface area contributed by atoms with Crippen molar-refractivity contribution in [2.45, 2.75) is 26.3 Å². The summed E-state index contributed by atoms with van der Waals surface area (Å²) in [5.74, 6) is 0. The number of hydrogen-bond donors (Lipinski definition) is 1. The molecule has 0 unspecified atom stereocenters. The summed E-state index contributed by atoms with van der Waals surface area (Å²) in [6.07, 6.45) is 0. The number of rotatable bonds is 2. The second kappa shape index (κ2) is 4.29. The molecule has 0 radical (unpaired) electrons. The molecule has 4 heteroatoms. The number of nitrogens with one attached hydrogen (secondary N) is 1. The minimum Gasteiger partial charge on any atom is -0.380 e. The van der Waals surface area contributed by atoms with Crippen LogP contribution in [-0.4, -0.2) is 10.5 Å². The third kappa shape index (κ3) is 2.42. The first kappa shape index (κ1) is 12.4. The van der Waals surface area contributed by atoms with E-state index in [1.54, 1.807) is 18.2 Å². The van der Waals surface area contributed by atoms with E-state index in [1.165, 1.54) is 0 Å². The highest BCUT2D eigenvalue weighted by molar-refractivity contribution is 5.99. The average Bonchev–Trinajstić information content (AvgIpc) is 2.27. The molecule has 0 fully saturated rings. The van der Waals surface area contributed by atoms with Gasteiger partial charge < -0.3 is 5.32 Å². The predicted molar refractivity (Wildman–Crippen MR) is 74.0 cm³/mol. The first-order valence-corrected chi connectivity index (χ1v) is 5.83. The summed E-state index contributed by atoms with van der Waals surface area (Å²) in [6.45, 7) is 6.18. The number of hydrogen-bond acceptors (Lipinski definition) is 3. The van der Waals surface area contributed by atoms with Gasteiger partial charge in [0.2, 0.25) is 0 Å². The molecule has 94 valence electrons. The quantitative estimate of drug-likeness (QED) is 0.642. The van der Waals surface area contributed by atoms with E-state index in [0.29, 0.717) is 5.39 Å². The van der Waals surface area contributed by atoms with Crippen LogP contribution in [0.2, 0.25) is 0 Å². The Balaban J connectivity index is 2.65. The lowest BCUT2D eigenvalue weighted by Gasteiger charge is -2.23. The van der Waals surface area contributed by atoms with Gasteiger partial charge in [-0.3, -0.25) is 10.1 Å². The van der Waals surface area contributed by atoms with Crippen molar-refractivity contribution in [1.29, 1.82) is 0 Å². The number of nitro groups is 1. The fourth-order valence-corrected chi connectivity index (χ4v) is 1.96. The molecule has 0 heterocycles. The zero-order valence-corrected chi connectivity index (χ0v) is 10.7. The fraction of sp³-hybridized carbons (Fsp3) is 0.286. The number of non-ortho nitro benzene ring substituents is 1. The van der Waals surface area contributed by atoms with Crippen LogP contribution in [0.3, 0.4) is 0 Å². The monoisotopic (exact) mass is 244 g/mol. The smallest absolute Gasteiger partial charge is 0.277 e. The minimum absolute atomic E-state index is 0.0844. The average molecular weight is 244 g/mol. The molecule has 0 atom stereocenters. The van der Waals surface area contributed by atoms with Gasteiger partial charge in [-0.05, 0) is 32.9 Å². The highest BCUT2D eigenvalue weighted by atomic mass is 16.6. The van der Waals surface area contributed by atoms with Gasteiger partial charge in [-0.25, -0.2) is 0 Å². The maximum atomic E-state index is 11.0. The SMILES string of the molecule is CC(C)(C)Nc1ccc([N+](=O)[O-])c2ccccc12. The first-order valence-electron chi connectivity index (χ1n) is 5.83. The summed E-state index contributed by atoms with van der Waals surface area (Å²) >= 11 is 0. The molecule has 1 N–H and O–H groups in total. The van der Waals surface area contributed by atoms with E-state index in [9.17, 15) is 10.1 Å². The Morgan fingerprint density at radius 2 is 1.67 bits per heavy atom. The summed E-state index contributed by atoms with van der Waals surface area (Å²) in [6, 6.07) is 10.7. The topological polar surface area (TPSA) is 55.2 Å². The minimum atomic E-state index is -0.344. The molecule has 0 saturated carbocycles. The molecule has 18 heavy (non-hydrogen) atoms. The van der Waals surface area contributed by atoms with Crippen LogP contribution in [-0.2, 0) is 0 Å². The summed E-state index contributed by atoms with van der Waals surface area (Å²) < 4.78 is 0. The molecule has 0 amide bonds. The van der Waals surface area contributed by atoms with Gasteiger partial charge in [-0.15, -0.1) is 0 Å². The number of fused-ring (bicyclic) bond motifs is 1. The highest BCUT2D eigenvalue weighted by Crippen LogP contribution is 2.32. The van der Waals surface area contributed by atoms with E-state index < -0.39 is 0 Å². The van der Waals surface area contributed by atoms with Crippen LogP contribution in [0.5, 0.6) is 0 Å². The van der Waals surface area contributed by atoms with Crippen LogP contribution in [0, 0.1) is 10.1 Å². The maximum Gasteiger partial charge on any atom is 0.277 e. The lowest BCUT2D eigenvalue weighted by molar-refractivity contribution is -0.383. The maximum absolute atomic E-state index is 11.0. The fourth-order valence-electron chi connectivity index (χ4n) is 1.96. The second-order valence-corrected chi connectivity index (χ2v) is 5.31. The van der Waals surface area contributed by atoms with Crippen LogP contribution in [0.1, 0.15) is 20.8 Å². The lowest BCUT2D eigenvalue weighted by Crippen LogP contribution is -2.26. The van der Waals surface area contributed by atoms with Crippen LogP contribution in [0.4, 0.5) is 11.4 Å². The Bertz CT molecular complexity index is 600. The normalized spacial score (nSPS) is 11.5. The third-order valence-corrected chi connectivity index (χ3v) is 2.61. The summed E-state index contributed by atoms with van der Waals surface area (Å²) in [4.78, 5) is 10.7. The molecule has 2 rings (SSSR count). The summed E-state index contributed by atoms with van der Waals surface area (Å²) in [7, 11) is 0. The largest absolute Gasteiger partial charge is 0.380 e. The van der Waals surface area contributed by atoms with Gasteiger partial charge in [-0.2, -0.15) is 0 Å². The number of benzene rings is 2. The lowest BCUT2D eigenvalue weighted by atomic mass is 10.0. The van der Waals surface area contributed by atoms with Gasteiger partial charge in [0, 0.05) is 22.7 Å². The molecular weight excluding hydrogens is 228 g/mol. The molecule has 0 aromatic heterocycles. The van der Waals surface area contributed by atoms with Gasteiger partial charge in [0.15, 0.2) is 0 Å². The Morgan fingerprint density at radius 1 is 1.06 bits per heavy atom. The summed E-state index contributed by atoms with van der Waals surface area (Å²) in [5, 5.41) is 15.9. The van der Waals surface area contributed by atoms with Gasteiger partial charge in [0.1, 0.15) is 0 Å². The zero-order valence-electron chi connectivity index (χ0n) is 10.7. The van der Waals surface area contributed by atoms with Crippen molar-refractivity contribution >= 4 is 22.1 Å². The Morgan fingerprint density at radius 3 is 2.22 bits per heavy atom. The molecule has 0 aliphatic heterocycles. The molecule has 0 saturated heterocycles. The van der Waals surface area contributed by atoms with Crippen molar-refractivity contribution in [3.8, 4) is 0 Å². The Hall–Kier alpha value is -2.10. The van der Waals surface area contributed by atoms with Crippen molar-refractivity contribution < 1.29 is 4.92 Å². The van der Waals surface area contributed by atoms with Gasteiger partial charge in [-0.1, -0.05) is 18.2 Å². The summed E-state index contributed by atoms with van der Waals surface area (Å²) in [5.41, 5.74) is 0.979. The number of nitro benzene ring substituents is 1. The van der Waals surface area contributed by atoms with Crippen LogP contribution >= 0.6 is 0 Å². The molecule has 2 aromatic rings. The van der Waals surface area contributed by atoms with E-state index in [1.807, 2.05) is 18.2 Å². The van der Waals surface area contributed by atoms with E-state index in [-0.39, 0.29) is 16.1 Å². The molecule has 0 bridgehead atoms. The van der Waals surface area contributed by atoms with Crippen molar-refractivity contribution in [2.75, 3.05) is 5.32 Å². The highest BCUT2D eigenvalue weighted by Gasteiger charge is 2.16. The number of anilines is 1. The molecular formula is C14H16N2O2. The van der Waals surface area contributed by atoms with E-state index in [2.05, 4.69) is 26.1 Å². The van der Waals surface area contributed by atoms with Crippen LogP contribution < -0.4 is 5.32 Å². The van der Waals surface area contributed by atoms with Gasteiger partial charge in [0.25, 0.3) is 5.69 Å². The number of nitrogens with zero attached hydrogens (tertiary/aromatic N) is 1. The zero-order chi connectivity index (χ0) is 13.3.